The van der Waals surface area contributed by atoms with Crippen molar-refractivity contribution in [2.24, 2.45) is 5.73 Å². The summed E-state index contributed by atoms with van der Waals surface area (Å²) in [7, 11) is 1.46. The van der Waals surface area contributed by atoms with Gasteiger partial charge in [0.05, 0.1) is 7.11 Å². The normalized spacial score (nSPS) is 12.5. The first-order valence-electron chi connectivity index (χ1n) is 5.28. The average molecular weight is 211 g/mol. The maximum absolute atomic E-state index is 13.7. The van der Waals surface area contributed by atoms with Crippen LogP contribution in [-0.4, -0.2) is 7.11 Å². The van der Waals surface area contributed by atoms with Gasteiger partial charge in [0.2, 0.25) is 0 Å². The Morgan fingerprint density at radius 2 is 2.20 bits per heavy atom. The lowest BCUT2D eigenvalue weighted by molar-refractivity contribution is 0.381. The SMILES string of the molecule is CCCC[C@H](N)c1cccc(OC)c1F. The number of hydrogen-bond acceptors (Lipinski definition) is 2. The number of hydrogen-bond donors (Lipinski definition) is 1. The smallest absolute Gasteiger partial charge is 0.169 e. The molecule has 0 spiro atoms. The molecule has 0 fully saturated rings. The van der Waals surface area contributed by atoms with Crippen LogP contribution in [0.3, 0.4) is 0 Å². The molecule has 1 rings (SSSR count). The number of halogens is 1. The zero-order chi connectivity index (χ0) is 11.3. The van der Waals surface area contributed by atoms with Gasteiger partial charge in [-0.1, -0.05) is 31.9 Å². The summed E-state index contributed by atoms with van der Waals surface area (Å²) in [5.74, 6) is -0.0666. The van der Waals surface area contributed by atoms with Crippen molar-refractivity contribution in [1.82, 2.24) is 0 Å². The van der Waals surface area contributed by atoms with E-state index >= 15 is 0 Å². The van der Waals surface area contributed by atoms with Gasteiger partial charge in [0.15, 0.2) is 11.6 Å². The van der Waals surface area contributed by atoms with E-state index in [4.69, 9.17) is 10.5 Å². The molecule has 0 bridgehead atoms. The van der Waals surface area contributed by atoms with E-state index in [-0.39, 0.29) is 17.6 Å². The molecule has 2 nitrogen and oxygen atoms in total. The topological polar surface area (TPSA) is 35.2 Å². The lowest BCUT2D eigenvalue weighted by Gasteiger charge is -2.13. The van der Waals surface area contributed by atoms with Crippen LogP contribution in [0.2, 0.25) is 0 Å². The number of benzene rings is 1. The van der Waals surface area contributed by atoms with Crippen LogP contribution in [0, 0.1) is 5.82 Å². The van der Waals surface area contributed by atoms with Crippen molar-refractivity contribution in [2.45, 2.75) is 32.2 Å². The van der Waals surface area contributed by atoms with Crippen LogP contribution in [0.4, 0.5) is 4.39 Å². The minimum Gasteiger partial charge on any atom is -0.494 e. The van der Waals surface area contributed by atoms with Crippen molar-refractivity contribution < 1.29 is 9.13 Å². The van der Waals surface area contributed by atoms with E-state index in [1.165, 1.54) is 7.11 Å². The third kappa shape index (κ3) is 2.93. The molecular formula is C12H18FNO. The van der Waals surface area contributed by atoms with Gasteiger partial charge in [0.25, 0.3) is 0 Å². The monoisotopic (exact) mass is 211 g/mol. The van der Waals surface area contributed by atoms with Crippen LogP contribution in [0.25, 0.3) is 0 Å². The highest BCUT2D eigenvalue weighted by atomic mass is 19.1. The average Bonchev–Trinajstić information content (AvgIpc) is 2.26. The standard InChI is InChI=1S/C12H18FNO/c1-3-4-7-10(14)9-6-5-8-11(15-2)12(9)13/h5-6,8,10H,3-4,7,14H2,1-2H3/t10-/m0/s1. The van der Waals surface area contributed by atoms with E-state index in [0.717, 1.165) is 19.3 Å². The fourth-order valence-corrected chi connectivity index (χ4v) is 1.55. The first-order valence-corrected chi connectivity index (χ1v) is 5.28. The second-order valence-electron chi connectivity index (χ2n) is 3.61. The molecule has 3 heteroatoms. The van der Waals surface area contributed by atoms with Crippen LogP contribution >= 0.6 is 0 Å². The van der Waals surface area contributed by atoms with Gasteiger partial charge in [-0.05, 0) is 12.5 Å². The Morgan fingerprint density at radius 3 is 2.80 bits per heavy atom. The Kier molecular flexibility index (Phi) is 4.56. The highest BCUT2D eigenvalue weighted by molar-refractivity contribution is 5.32. The molecule has 0 aliphatic rings. The van der Waals surface area contributed by atoms with Crippen molar-refractivity contribution in [3.8, 4) is 5.75 Å². The second kappa shape index (κ2) is 5.71. The number of methoxy groups -OCH3 is 1. The van der Waals surface area contributed by atoms with Crippen molar-refractivity contribution in [1.29, 1.82) is 0 Å². The zero-order valence-electron chi connectivity index (χ0n) is 9.29. The van der Waals surface area contributed by atoms with Crippen LogP contribution in [0.5, 0.6) is 5.75 Å². The summed E-state index contributed by atoms with van der Waals surface area (Å²) in [5.41, 5.74) is 6.45. The van der Waals surface area contributed by atoms with E-state index in [1.807, 2.05) is 0 Å². The van der Waals surface area contributed by atoms with Gasteiger partial charge in [-0.2, -0.15) is 0 Å². The second-order valence-corrected chi connectivity index (χ2v) is 3.61. The fourth-order valence-electron chi connectivity index (χ4n) is 1.55. The Morgan fingerprint density at radius 1 is 1.47 bits per heavy atom. The van der Waals surface area contributed by atoms with E-state index in [2.05, 4.69) is 6.92 Å². The largest absolute Gasteiger partial charge is 0.494 e. The fraction of sp³-hybridized carbons (Fsp3) is 0.500. The summed E-state index contributed by atoms with van der Waals surface area (Å²) < 4.78 is 18.7. The predicted molar refractivity (Wildman–Crippen MR) is 59.4 cm³/mol. The third-order valence-corrected chi connectivity index (χ3v) is 2.48. The first-order chi connectivity index (χ1) is 7.20. The quantitative estimate of drug-likeness (QED) is 0.812. The maximum atomic E-state index is 13.7. The van der Waals surface area contributed by atoms with Crippen LogP contribution in [0.15, 0.2) is 18.2 Å². The van der Waals surface area contributed by atoms with E-state index in [9.17, 15) is 4.39 Å². The molecule has 0 aliphatic heterocycles. The Balaban J connectivity index is 2.83. The first kappa shape index (κ1) is 12.0. The Bertz CT molecular complexity index is 314. The van der Waals surface area contributed by atoms with Gasteiger partial charge in [0, 0.05) is 11.6 Å². The van der Waals surface area contributed by atoms with Crippen molar-refractivity contribution in [3.63, 3.8) is 0 Å². The molecule has 84 valence electrons. The number of nitrogens with two attached hydrogens (primary N) is 1. The van der Waals surface area contributed by atoms with E-state index < -0.39 is 0 Å². The van der Waals surface area contributed by atoms with Crippen LogP contribution in [0.1, 0.15) is 37.8 Å². The van der Waals surface area contributed by atoms with Crippen LogP contribution in [-0.2, 0) is 0 Å². The maximum Gasteiger partial charge on any atom is 0.169 e. The van der Waals surface area contributed by atoms with E-state index in [0.29, 0.717) is 5.56 Å². The van der Waals surface area contributed by atoms with E-state index in [1.54, 1.807) is 18.2 Å². The number of ether oxygens (including phenoxy) is 1. The van der Waals surface area contributed by atoms with Gasteiger partial charge in [-0.15, -0.1) is 0 Å². The highest BCUT2D eigenvalue weighted by Crippen LogP contribution is 2.26. The van der Waals surface area contributed by atoms with Gasteiger partial charge in [0.1, 0.15) is 0 Å². The van der Waals surface area contributed by atoms with Gasteiger partial charge >= 0.3 is 0 Å². The molecular weight excluding hydrogens is 193 g/mol. The van der Waals surface area contributed by atoms with Crippen LogP contribution < -0.4 is 10.5 Å². The molecule has 0 aliphatic carbocycles. The summed E-state index contributed by atoms with van der Waals surface area (Å²) in [5, 5.41) is 0. The molecule has 1 atom stereocenters. The summed E-state index contributed by atoms with van der Waals surface area (Å²) in [6.07, 6.45) is 2.89. The molecule has 0 heterocycles. The minimum absolute atomic E-state index is 0.236. The third-order valence-electron chi connectivity index (χ3n) is 2.48. The lowest BCUT2D eigenvalue weighted by atomic mass is 10.0. The van der Waals surface area contributed by atoms with Crippen molar-refractivity contribution >= 4 is 0 Å². The molecule has 1 aromatic rings. The van der Waals surface area contributed by atoms with Gasteiger partial charge < -0.3 is 10.5 Å². The van der Waals surface area contributed by atoms with Crippen molar-refractivity contribution in [2.75, 3.05) is 7.11 Å². The predicted octanol–water partition coefficient (Wildman–Crippen LogP) is 3.02. The van der Waals surface area contributed by atoms with Crippen molar-refractivity contribution in [3.05, 3.63) is 29.6 Å². The number of unbranched alkanes of at least 4 members (excludes halogenated alkanes) is 1. The zero-order valence-corrected chi connectivity index (χ0v) is 9.29. The summed E-state index contributed by atoms with van der Waals surface area (Å²) in [4.78, 5) is 0. The molecule has 2 N–H and O–H groups in total. The number of rotatable bonds is 5. The molecule has 15 heavy (non-hydrogen) atoms. The Hall–Kier alpha value is -1.09. The molecule has 0 saturated heterocycles. The lowest BCUT2D eigenvalue weighted by Crippen LogP contribution is -2.12. The molecule has 0 amide bonds. The Labute approximate surface area is 90.2 Å². The molecule has 0 saturated carbocycles. The molecule has 0 radical (unpaired) electrons. The molecule has 0 unspecified atom stereocenters. The van der Waals surface area contributed by atoms with Gasteiger partial charge in [-0.25, -0.2) is 4.39 Å². The van der Waals surface area contributed by atoms with Gasteiger partial charge in [-0.3, -0.25) is 0 Å². The molecule has 0 aromatic heterocycles. The summed E-state index contributed by atoms with van der Waals surface area (Å²) in [6.45, 7) is 2.09. The molecule has 1 aromatic carbocycles. The minimum atomic E-state index is -0.330. The summed E-state index contributed by atoms with van der Waals surface area (Å²) in [6, 6.07) is 4.85. The summed E-state index contributed by atoms with van der Waals surface area (Å²) >= 11 is 0. The highest BCUT2D eigenvalue weighted by Gasteiger charge is 2.14.